The second-order valence-corrected chi connectivity index (χ2v) is 8.95. The molecule has 0 fully saturated rings. The average Bonchev–Trinajstić information content (AvgIpc) is 2.73. The first-order valence-electron chi connectivity index (χ1n) is 10.6. The Morgan fingerprint density at radius 2 is 1.52 bits per heavy atom. The molecule has 1 N–H and O–H groups in total. The van der Waals surface area contributed by atoms with Crippen LogP contribution in [-0.2, 0) is 11.2 Å². The van der Waals surface area contributed by atoms with Gasteiger partial charge < -0.3 is 15.0 Å². The second kappa shape index (κ2) is 9.69. The molecule has 0 amide bonds. The summed E-state index contributed by atoms with van der Waals surface area (Å²) in [5.74, 6) is -0.300. The molecule has 0 aromatic heterocycles. The fourth-order valence-electron chi connectivity index (χ4n) is 3.35. The third-order valence-corrected chi connectivity index (χ3v) is 4.95. The van der Waals surface area contributed by atoms with Crippen LogP contribution >= 0.6 is 0 Å². The summed E-state index contributed by atoms with van der Waals surface area (Å²) in [5.41, 5.74) is 4.64. The summed E-state index contributed by atoms with van der Waals surface area (Å²) in [5, 5.41) is 3.66. The average molecular weight is 417 g/mol. The summed E-state index contributed by atoms with van der Waals surface area (Å²) >= 11 is 0. The Hall–Kier alpha value is -3.27. The standard InChI is InChI=1S/C27H32N2O2/c1-27(2,3)31-26(30)22-13-11-21(12-14-22)25(19-20-9-7-6-8-10-20)28-23-15-17-24(18-16-23)29(4)5/h6-18,25,28H,19H2,1-5H3. The second-order valence-electron chi connectivity index (χ2n) is 8.95. The fraction of sp³-hybridized carbons (Fsp3) is 0.296. The number of nitrogens with one attached hydrogen (secondary N) is 1. The van der Waals surface area contributed by atoms with E-state index in [1.807, 2.05) is 65.2 Å². The van der Waals surface area contributed by atoms with E-state index in [-0.39, 0.29) is 12.0 Å². The van der Waals surface area contributed by atoms with Crippen molar-refractivity contribution in [3.05, 3.63) is 95.6 Å². The van der Waals surface area contributed by atoms with Gasteiger partial charge in [-0.15, -0.1) is 0 Å². The molecule has 31 heavy (non-hydrogen) atoms. The van der Waals surface area contributed by atoms with Gasteiger partial charge in [0.2, 0.25) is 0 Å². The lowest BCUT2D eigenvalue weighted by molar-refractivity contribution is 0.00695. The maximum Gasteiger partial charge on any atom is 0.338 e. The van der Waals surface area contributed by atoms with Gasteiger partial charge in [0.25, 0.3) is 0 Å². The number of esters is 1. The molecule has 162 valence electrons. The summed E-state index contributed by atoms with van der Waals surface area (Å²) in [7, 11) is 4.07. The lowest BCUT2D eigenvalue weighted by Crippen LogP contribution is -2.24. The van der Waals surface area contributed by atoms with Crippen LogP contribution in [0.3, 0.4) is 0 Å². The van der Waals surface area contributed by atoms with Crippen LogP contribution in [0.2, 0.25) is 0 Å². The molecule has 3 rings (SSSR count). The fourth-order valence-corrected chi connectivity index (χ4v) is 3.35. The van der Waals surface area contributed by atoms with Crippen molar-refractivity contribution in [2.45, 2.75) is 38.8 Å². The highest BCUT2D eigenvalue weighted by Crippen LogP contribution is 2.26. The molecule has 3 aromatic carbocycles. The molecule has 1 unspecified atom stereocenters. The minimum atomic E-state index is -0.508. The summed E-state index contributed by atoms with van der Waals surface area (Å²) in [6, 6.07) is 26.6. The highest BCUT2D eigenvalue weighted by atomic mass is 16.6. The van der Waals surface area contributed by atoms with E-state index < -0.39 is 5.60 Å². The number of rotatable bonds is 7. The van der Waals surface area contributed by atoms with Crippen molar-refractivity contribution in [3.63, 3.8) is 0 Å². The number of hydrogen-bond donors (Lipinski definition) is 1. The van der Waals surface area contributed by atoms with Crippen molar-refractivity contribution >= 4 is 17.3 Å². The highest BCUT2D eigenvalue weighted by Gasteiger charge is 2.19. The van der Waals surface area contributed by atoms with Crippen LogP contribution in [0.4, 0.5) is 11.4 Å². The van der Waals surface area contributed by atoms with Gasteiger partial charge in [-0.1, -0.05) is 42.5 Å². The molecular weight excluding hydrogens is 384 g/mol. The van der Waals surface area contributed by atoms with Crippen LogP contribution < -0.4 is 10.2 Å². The Labute approximate surface area is 185 Å². The summed E-state index contributed by atoms with van der Waals surface area (Å²) in [6.07, 6.45) is 0.835. The van der Waals surface area contributed by atoms with E-state index in [0.717, 1.165) is 23.4 Å². The number of hydrogen-bond acceptors (Lipinski definition) is 4. The van der Waals surface area contributed by atoms with Crippen molar-refractivity contribution in [1.82, 2.24) is 0 Å². The van der Waals surface area contributed by atoms with Crippen LogP contribution in [0, 0.1) is 0 Å². The lowest BCUT2D eigenvalue weighted by Gasteiger charge is -2.22. The normalized spacial score (nSPS) is 12.2. The predicted octanol–water partition coefficient (Wildman–Crippen LogP) is 6.10. The van der Waals surface area contributed by atoms with Gasteiger partial charge in [-0.3, -0.25) is 0 Å². The van der Waals surface area contributed by atoms with Gasteiger partial charge in [-0.25, -0.2) is 4.79 Å². The third-order valence-electron chi connectivity index (χ3n) is 4.95. The number of carbonyl (C=O) groups is 1. The zero-order valence-electron chi connectivity index (χ0n) is 19.1. The van der Waals surface area contributed by atoms with Crippen molar-refractivity contribution in [3.8, 4) is 0 Å². The molecule has 4 heteroatoms. The van der Waals surface area contributed by atoms with Crippen LogP contribution in [0.5, 0.6) is 0 Å². The Morgan fingerprint density at radius 3 is 2.06 bits per heavy atom. The van der Waals surface area contributed by atoms with Crippen molar-refractivity contribution in [1.29, 1.82) is 0 Å². The molecule has 4 nitrogen and oxygen atoms in total. The van der Waals surface area contributed by atoms with Gasteiger partial charge in [0.1, 0.15) is 5.60 Å². The molecule has 0 aliphatic rings. The Balaban J connectivity index is 1.82. The van der Waals surface area contributed by atoms with Crippen molar-refractivity contribution < 1.29 is 9.53 Å². The van der Waals surface area contributed by atoms with E-state index in [2.05, 4.69) is 58.7 Å². The van der Waals surface area contributed by atoms with Crippen LogP contribution in [0.1, 0.15) is 48.3 Å². The quantitative estimate of drug-likeness (QED) is 0.472. The lowest BCUT2D eigenvalue weighted by atomic mass is 9.97. The Kier molecular flexibility index (Phi) is 7.01. The number of anilines is 2. The number of carbonyl (C=O) groups excluding carboxylic acids is 1. The SMILES string of the molecule is CN(C)c1ccc(NC(Cc2ccccc2)c2ccc(C(=O)OC(C)(C)C)cc2)cc1. The van der Waals surface area contributed by atoms with Gasteiger partial charge in [0.05, 0.1) is 11.6 Å². The topological polar surface area (TPSA) is 41.6 Å². The van der Waals surface area contributed by atoms with Crippen molar-refractivity contribution in [2.75, 3.05) is 24.3 Å². The molecule has 3 aromatic rings. The molecule has 0 bridgehead atoms. The van der Waals surface area contributed by atoms with Gasteiger partial charge >= 0.3 is 5.97 Å². The van der Waals surface area contributed by atoms with E-state index >= 15 is 0 Å². The first-order valence-corrected chi connectivity index (χ1v) is 10.6. The van der Waals surface area contributed by atoms with Crippen LogP contribution in [0.25, 0.3) is 0 Å². The molecule has 0 aliphatic heterocycles. The van der Waals surface area contributed by atoms with Gasteiger partial charge in [0.15, 0.2) is 0 Å². The monoisotopic (exact) mass is 416 g/mol. The minimum absolute atomic E-state index is 0.0697. The van der Waals surface area contributed by atoms with Gasteiger partial charge in [0, 0.05) is 25.5 Å². The maximum absolute atomic E-state index is 12.4. The van der Waals surface area contributed by atoms with Crippen molar-refractivity contribution in [2.24, 2.45) is 0 Å². The van der Waals surface area contributed by atoms with Crippen LogP contribution in [-0.4, -0.2) is 25.7 Å². The summed E-state index contributed by atoms with van der Waals surface area (Å²) < 4.78 is 5.49. The van der Waals surface area contributed by atoms with Gasteiger partial charge in [-0.05, 0) is 74.7 Å². The first-order chi connectivity index (χ1) is 14.7. The van der Waals surface area contributed by atoms with E-state index in [4.69, 9.17) is 4.74 Å². The zero-order valence-corrected chi connectivity index (χ0v) is 19.1. The third kappa shape index (κ3) is 6.61. The Morgan fingerprint density at radius 1 is 0.903 bits per heavy atom. The maximum atomic E-state index is 12.4. The minimum Gasteiger partial charge on any atom is -0.456 e. The first kappa shape index (κ1) is 22.4. The van der Waals surface area contributed by atoms with E-state index in [9.17, 15) is 4.79 Å². The number of benzene rings is 3. The molecule has 0 radical (unpaired) electrons. The van der Waals surface area contributed by atoms with E-state index in [0.29, 0.717) is 5.56 Å². The molecule has 0 saturated carbocycles. The largest absolute Gasteiger partial charge is 0.456 e. The van der Waals surface area contributed by atoms with Crippen LogP contribution in [0.15, 0.2) is 78.9 Å². The summed E-state index contributed by atoms with van der Waals surface area (Å²) in [4.78, 5) is 14.5. The highest BCUT2D eigenvalue weighted by molar-refractivity contribution is 5.89. The molecule has 0 saturated heterocycles. The number of nitrogens with zero attached hydrogens (tertiary/aromatic N) is 1. The Bertz CT molecular complexity index is 972. The smallest absolute Gasteiger partial charge is 0.338 e. The molecule has 0 spiro atoms. The van der Waals surface area contributed by atoms with E-state index in [1.54, 1.807) is 0 Å². The number of ether oxygens (including phenoxy) is 1. The molecular formula is C27H32N2O2. The van der Waals surface area contributed by atoms with Gasteiger partial charge in [-0.2, -0.15) is 0 Å². The predicted molar refractivity (Wildman–Crippen MR) is 129 cm³/mol. The molecule has 0 aliphatic carbocycles. The summed E-state index contributed by atoms with van der Waals surface area (Å²) in [6.45, 7) is 5.63. The molecule has 0 heterocycles. The van der Waals surface area contributed by atoms with E-state index in [1.165, 1.54) is 5.56 Å². The zero-order chi connectivity index (χ0) is 22.4. The molecule has 1 atom stereocenters.